The van der Waals surface area contributed by atoms with Gasteiger partial charge in [-0.25, -0.2) is 4.98 Å². The Labute approximate surface area is 422 Å². The van der Waals surface area contributed by atoms with Crippen molar-refractivity contribution in [1.29, 1.82) is 0 Å². The van der Waals surface area contributed by atoms with Crippen LogP contribution in [-0.2, 0) is 16.2 Å². The van der Waals surface area contributed by atoms with Crippen LogP contribution in [0, 0.1) is 0 Å². The van der Waals surface area contributed by atoms with Crippen molar-refractivity contribution in [3.63, 3.8) is 0 Å². The number of hydrogen-bond acceptors (Lipinski definition) is 5. The van der Waals surface area contributed by atoms with Crippen LogP contribution in [0.15, 0.2) is 193 Å². The molecule has 0 spiro atoms. The predicted octanol–water partition coefficient (Wildman–Crippen LogP) is 18.3. The van der Waals surface area contributed by atoms with Crippen molar-refractivity contribution in [3.05, 3.63) is 205 Å². The van der Waals surface area contributed by atoms with Gasteiger partial charge in [-0.05, 0) is 105 Å². The first-order chi connectivity index (χ1) is 34.6. The van der Waals surface area contributed by atoms with Crippen LogP contribution in [-0.4, -0.2) is 16.2 Å². The Kier molecular flexibility index (Phi) is 10.5. The van der Waals surface area contributed by atoms with Crippen LogP contribution in [0.2, 0.25) is 0 Å². The zero-order chi connectivity index (χ0) is 49.7. The highest BCUT2D eigenvalue weighted by molar-refractivity contribution is 6.17. The quantitative estimate of drug-likeness (QED) is 0.159. The molecule has 0 saturated carbocycles. The smallest absolute Gasteiger partial charge is 0.137 e. The number of ether oxygens (including phenoxy) is 1. The summed E-state index contributed by atoms with van der Waals surface area (Å²) >= 11 is 0. The Hall–Kier alpha value is -8.09. The van der Waals surface area contributed by atoms with Crippen molar-refractivity contribution in [2.75, 3.05) is 16.5 Å². The standard InChI is InChI=1S/C66H60N4O2/c1-64(2,3)44-31-32-67-62(36-44)70-58-38-49(29-30-52(58)54-39-55-53-23-13-16-28-60(53)72-61(55)40-59(54)70)71-48-22-17-21-47(37-48)68-41-69(57-27-15-14-26-56(57)68)63-50(42-19-11-10-12-20-42)24-18-25-51(63)43-33-45(65(4,5)6)35-46(34-43)66(7,8)9/h10-40H,41H2,1-9H3. The van der Waals surface area contributed by atoms with E-state index in [1.165, 1.54) is 44.6 Å². The van der Waals surface area contributed by atoms with E-state index < -0.39 is 0 Å². The molecule has 3 aromatic heterocycles. The summed E-state index contributed by atoms with van der Waals surface area (Å²) in [6.45, 7) is 21.2. The molecule has 0 saturated heterocycles. The maximum absolute atomic E-state index is 6.91. The maximum Gasteiger partial charge on any atom is 0.137 e. The minimum Gasteiger partial charge on any atom is -0.457 e. The maximum atomic E-state index is 6.91. The average molecular weight is 941 g/mol. The molecule has 0 radical (unpaired) electrons. The summed E-state index contributed by atoms with van der Waals surface area (Å²) in [4.78, 5) is 9.91. The molecule has 1 aliphatic heterocycles. The highest BCUT2D eigenvalue weighted by Gasteiger charge is 2.32. The van der Waals surface area contributed by atoms with Crippen molar-refractivity contribution in [3.8, 4) is 39.6 Å². The summed E-state index contributed by atoms with van der Waals surface area (Å²) < 4.78 is 15.6. The van der Waals surface area contributed by atoms with Crippen LogP contribution in [0.3, 0.4) is 0 Å². The fraction of sp³-hybridized carbons (Fsp3) is 0.197. The summed E-state index contributed by atoms with van der Waals surface area (Å²) in [5.41, 5.74) is 16.8. The molecule has 356 valence electrons. The number of pyridine rings is 1. The van der Waals surface area contributed by atoms with Crippen LogP contribution in [0.1, 0.15) is 79.0 Å². The largest absolute Gasteiger partial charge is 0.457 e. The van der Waals surface area contributed by atoms with Gasteiger partial charge in [-0.2, -0.15) is 0 Å². The number of nitrogens with zero attached hydrogens (tertiary/aromatic N) is 4. The topological polar surface area (TPSA) is 46.7 Å². The van der Waals surface area contributed by atoms with E-state index in [0.29, 0.717) is 6.67 Å². The number of para-hydroxylation sites is 4. The van der Waals surface area contributed by atoms with Crippen molar-refractivity contribution in [1.82, 2.24) is 9.55 Å². The lowest BCUT2D eigenvalue weighted by atomic mass is 9.78. The fourth-order valence-corrected chi connectivity index (χ4v) is 10.6. The Balaban J connectivity index is 0.955. The summed E-state index contributed by atoms with van der Waals surface area (Å²) in [6, 6.07) is 65.6. The SMILES string of the molecule is CC(C)(C)c1cc(-c2cccc(-c3ccccc3)c2N2CN(c3cccc(Oc4ccc5c6cc7c(cc6n(-c6cc(C(C)(C)C)ccn6)c5c4)oc4ccccc47)c3)c3ccccc32)cc(C(C)(C)C)c1. The molecule has 1 aliphatic rings. The van der Waals surface area contributed by atoms with Gasteiger partial charge in [-0.15, -0.1) is 0 Å². The lowest BCUT2D eigenvalue weighted by Gasteiger charge is -2.29. The van der Waals surface area contributed by atoms with Crippen LogP contribution < -0.4 is 14.5 Å². The summed E-state index contributed by atoms with van der Waals surface area (Å²) in [5.74, 6) is 2.34. The highest BCUT2D eigenvalue weighted by atomic mass is 16.5. The zero-order valence-electron chi connectivity index (χ0n) is 42.7. The lowest BCUT2D eigenvalue weighted by molar-refractivity contribution is 0.483. The molecule has 72 heavy (non-hydrogen) atoms. The average Bonchev–Trinajstić information content (AvgIpc) is 4.04. The number of anilines is 4. The van der Waals surface area contributed by atoms with E-state index in [-0.39, 0.29) is 16.2 Å². The van der Waals surface area contributed by atoms with Crippen LogP contribution >= 0.6 is 0 Å². The van der Waals surface area contributed by atoms with Gasteiger partial charge in [0.25, 0.3) is 0 Å². The Morgan fingerprint density at radius 1 is 0.444 bits per heavy atom. The van der Waals surface area contributed by atoms with E-state index in [0.717, 1.165) is 78.1 Å². The summed E-state index contributed by atoms with van der Waals surface area (Å²) in [7, 11) is 0. The number of fused-ring (bicyclic) bond motifs is 7. The van der Waals surface area contributed by atoms with Crippen molar-refractivity contribution in [2.24, 2.45) is 0 Å². The van der Waals surface area contributed by atoms with Gasteiger partial charge >= 0.3 is 0 Å². The van der Waals surface area contributed by atoms with Gasteiger partial charge in [-0.3, -0.25) is 4.57 Å². The molecule has 4 heterocycles. The summed E-state index contributed by atoms with van der Waals surface area (Å²) in [5, 5.41) is 4.45. The second-order valence-corrected chi connectivity index (χ2v) is 22.6. The minimum atomic E-state index is -0.0591. The van der Waals surface area contributed by atoms with Crippen molar-refractivity contribution in [2.45, 2.75) is 78.6 Å². The number of benzene rings is 8. The number of rotatable bonds is 7. The molecule has 6 nitrogen and oxygen atoms in total. The third-order valence-electron chi connectivity index (χ3n) is 14.6. The first kappa shape index (κ1) is 45.1. The number of aromatic nitrogens is 2. The van der Waals surface area contributed by atoms with Crippen molar-refractivity contribution >= 4 is 66.5 Å². The molecule has 0 bridgehead atoms. The highest BCUT2D eigenvalue weighted by Crippen LogP contribution is 2.51. The fourth-order valence-electron chi connectivity index (χ4n) is 10.6. The Morgan fingerprint density at radius 2 is 1.08 bits per heavy atom. The second kappa shape index (κ2) is 16.8. The van der Waals surface area contributed by atoms with Crippen LogP contribution in [0.5, 0.6) is 11.5 Å². The Morgan fingerprint density at radius 3 is 1.82 bits per heavy atom. The first-order valence-corrected chi connectivity index (χ1v) is 25.2. The first-order valence-electron chi connectivity index (χ1n) is 25.2. The summed E-state index contributed by atoms with van der Waals surface area (Å²) in [6.07, 6.45) is 1.92. The molecule has 0 aliphatic carbocycles. The molecule has 6 heteroatoms. The van der Waals surface area contributed by atoms with Crippen LogP contribution in [0.25, 0.3) is 71.8 Å². The van der Waals surface area contributed by atoms with Gasteiger partial charge in [0, 0.05) is 62.8 Å². The zero-order valence-corrected chi connectivity index (χ0v) is 42.7. The van der Waals surface area contributed by atoms with E-state index in [2.05, 4.69) is 247 Å². The van der Waals surface area contributed by atoms with Crippen molar-refractivity contribution < 1.29 is 9.15 Å². The van der Waals surface area contributed by atoms with Gasteiger partial charge in [0.05, 0.1) is 28.1 Å². The van der Waals surface area contributed by atoms with E-state index in [4.69, 9.17) is 14.1 Å². The molecule has 0 atom stereocenters. The molecule has 0 fully saturated rings. The monoisotopic (exact) mass is 940 g/mol. The normalized spacial score (nSPS) is 13.2. The van der Waals surface area contributed by atoms with E-state index in [1.807, 2.05) is 18.3 Å². The van der Waals surface area contributed by atoms with E-state index in [1.54, 1.807) is 0 Å². The van der Waals surface area contributed by atoms with E-state index in [9.17, 15) is 0 Å². The van der Waals surface area contributed by atoms with Gasteiger partial charge in [0.2, 0.25) is 0 Å². The van der Waals surface area contributed by atoms with Crippen LogP contribution in [0.4, 0.5) is 22.7 Å². The molecule has 8 aromatic carbocycles. The third kappa shape index (κ3) is 7.86. The second-order valence-electron chi connectivity index (χ2n) is 22.6. The molecular formula is C66H60N4O2. The molecule has 0 unspecified atom stereocenters. The lowest BCUT2D eigenvalue weighted by Crippen LogP contribution is -2.25. The van der Waals surface area contributed by atoms with Gasteiger partial charge in [-0.1, -0.05) is 165 Å². The van der Waals surface area contributed by atoms with E-state index >= 15 is 0 Å². The Bertz CT molecular complexity index is 3860. The molecule has 0 amide bonds. The van der Waals surface area contributed by atoms with Gasteiger partial charge in [0.1, 0.15) is 35.2 Å². The molecule has 12 rings (SSSR count). The molecular weight excluding hydrogens is 881 g/mol. The minimum absolute atomic E-state index is 0.0280. The number of hydrogen-bond donors (Lipinski definition) is 0. The van der Waals surface area contributed by atoms with Gasteiger partial charge in [0.15, 0.2) is 0 Å². The predicted molar refractivity (Wildman–Crippen MR) is 301 cm³/mol. The molecule has 0 N–H and O–H groups in total. The molecule has 11 aromatic rings. The number of furan rings is 1. The third-order valence-corrected chi connectivity index (χ3v) is 14.6. The van der Waals surface area contributed by atoms with Gasteiger partial charge < -0.3 is 19.0 Å².